The Hall–Kier alpha value is -2.85. The number of hydrogen-bond donors (Lipinski definition) is 0. The smallest absolute Gasteiger partial charge is 0.101 e. The Morgan fingerprint density at radius 1 is 0.839 bits per heavy atom. The quantitative estimate of drug-likeness (QED) is 0.213. The van der Waals surface area contributed by atoms with E-state index in [0.717, 1.165) is 16.6 Å². The summed E-state index contributed by atoms with van der Waals surface area (Å²) >= 11 is 3.38. The average Bonchev–Trinajstić information content (AvgIpc) is 3.36. The second-order valence-corrected chi connectivity index (χ2v) is 8.23. The number of aromatic nitrogens is 2. The van der Waals surface area contributed by atoms with Crippen LogP contribution in [0, 0.1) is 0 Å². The van der Waals surface area contributed by atoms with E-state index in [1.807, 2.05) is 35.0 Å². The molecule has 4 heteroatoms. The van der Waals surface area contributed by atoms with Gasteiger partial charge in [0.05, 0.1) is 6.33 Å². The molecule has 0 saturated carbocycles. The monoisotopic (exact) mass is 470 g/mol. The number of halogens is 1. The standard InChI is InChI=1S/C18H21B.C9H7BrN2/c19-15-9-3-8-14-18(16-10-4-1-5-11-16)17-12-6-2-7-13-17;10-8-1-3-9(4-2-8)12-6-5-11-7-12/h1-8,10-13,18H,9,14-15,19H2;1-7H. The molecule has 0 N–H and O–H groups in total. The van der Waals surface area contributed by atoms with Crippen molar-refractivity contribution in [3.63, 3.8) is 0 Å². The minimum atomic E-state index is 0.468. The molecule has 31 heavy (non-hydrogen) atoms. The second kappa shape index (κ2) is 12.8. The summed E-state index contributed by atoms with van der Waals surface area (Å²) in [4.78, 5) is 3.97. The van der Waals surface area contributed by atoms with E-state index < -0.39 is 0 Å². The molecule has 0 aliphatic heterocycles. The molecule has 0 radical (unpaired) electrons. The molecule has 0 fully saturated rings. The Morgan fingerprint density at radius 3 is 1.97 bits per heavy atom. The van der Waals surface area contributed by atoms with Crippen LogP contribution >= 0.6 is 15.9 Å². The summed E-state index contributed by atoms with van der Waals surface area (Å²) in [7, 11) is 2.22. The van der Waals surface area contributed by atoms with Gasteiger partial charge >= 0.3 is 0 Å². The molecule has 0 atom stereocenters. The minimum absolute atomic E-state index is 0.468. The van der Waals surface area contributed by atoms with E-state index in [1.54, 1.807) is 12.5 Å². The van der Waals surface area contributed by atoms with Crippen molar-refractivity contribution < 1.29 is 0 Å². The van der Waals surface area contributed by atoms with Gasteiger partial charge in [-0.05, 0) is 48.2 Å². The van der Waals surface area contributed by atoms with Crippen LogP contribution in [0.5, 0.6) is 0 Å². The van der Waals surface area contributed by atoms with E-state index in [2.05, 4.69) is 102 Å². The first kappa shape index (κ1) is 22.8. The maximum Gasteiger partial charge on any atom is 0.101 e. The Bertz CT molecular complexity index is 975. The molecular formula is C27H28BBrN2. The molecule has 0 saturated heterocycles. The van der Waals surface area contributed by atoms with Crippen molar-refractivity contribution in [2.75, 3.05) is 0 Å². The van der Waals surface area contributed by atoms with E-state index in [0.29, 0.717) is 5.92 Å². The van der Waals surface area contributed by atoms with E-state index in [4.69, 9.17) is 0 Å². The number of benzene rings is 3. The van der Waals surface area contributed by atoms with Gasteiger partial charge in [-0.3, -0.25) is 0 Å². The van der Waals surface area contributed by atoms with Gasteiger partial charge in [-0.1, -0.05) is 95.1 Å². The van der Waals surface area contributed by atoms with Gasteiger partial charge in [0.25, 0.3) is 0 Å². The van der Waals surface area contributed by atoms with Crippen LogP contribution < -0.4 is 0 Å². The first-order chi connectivity index (χ1) is 15.3. The van der Waals surface area contributed by atoms with Gasteiger partial charge in [0.1, 0.15) is 7.85 Å². The average molecular weight is 471 g/mol. The van der Waals surface area contributed by atoms with E-state index in [-0.39, 0.29) is 0 Å². The summed E-state index contributed by atoms with van der Waals surface area (Å²) in [5.41, 5.74) is 3.92. The van der Waals surface area contributed by atoms with Crippen LogP contribution in [0.1, 0.15) is 29.9 Å². The van der Waals surface area contributed by atoms with Crippen molar-refractivity contribution in [3.05, 3.63) is 131 Å². The maximum absolute atomic E-state index is 3.97. The van der Waals surface area contributed by atoms with Gasteiger partial charge in [0.15, 0.2) is 0 Å². The summed E-state index contributed by atoms with van der Waals surface area (Å²) in [6.07, 6.45) is 13.6. The lowest BCUT2D eigenvalue weighted by atomic mass is 9.88. The maximum atomic E-state index is 3.97. The van der Waals surface area contributed by atoms with Gasteiger partial charge in [0.2, 0.25) is 0 Å². The van der Waals surface area contributed by atoms with Crippen LogP contribution in [0.2, 0.25) is 6.32 Å². The fourth-order valence-electron chi connectivity index (χ4n) is 3.38. The molecule has 0 amide bonds. The zero-order chi connectivity index (χ0) is 21.7. The van der Waals surface area contributed by atoms with Crippen LogP contribution in [0.4, 0.5) is 0 Å². The first-order valence-corrected chi connectivity index (χ1v) is 11.6. The third-order valence-corrected chi connectivity index (χ3v) is 5.56. The molecule has 0 aliphatic rings. The summed E-state index contributed by atoms with van der Waals surface area (Å²) in [5, 5.41) is 0. The zero-order valence-electron chi connectivity index (χ0n) is 17.9. The molecule has 4 rings (SSSR count). The molecule has 2 nitrogen and oxygen atoms in total. The highest BCUT2D eigenvalue weighted by molar-refractivity contribution is 9.10. The Balaban J connectivity index is 0.000000194. The molecule has 0 bridgehead atoms. The van der Waals surface area contributed by atoms with E-state index in [9.17, 15) is 0 Å². The normalized spacial score (nSPS) is 10.8. The first-order valence-electron chi connectivity index (χ1n) is 10.8. The predicted octanol–water partition coefficient (Wildman–Crippen LogP) is 6.84. The number of hydrogen-bond acceptors (Lipinski definition) is 1. The number of rotatable bonds is 7. The summed E-state index contributed by atoms with van der Waals surface area (Å²) in [6.45, 7) is 0. The van der Waals surface area contributed by atoms with Crippen molar-refractivity contribution in [2.45, 2.75) is 25.1 Å². The highest BCUT2D eigenvalue weighted by Gasteiger charge is 2.11. The summed E-state index contributed by atoms with van der Waals surface area (Å²) in [6, 6.07) is 29.7. The van der Waals surface area contributed by atoms with Crippen molar-refractivity contribution >= 4 is 23.8 Å². The largest absolute Gasteiger partial charge is 0.306 e. The molecule has 4 aromatic rings. The predicted molar refractivity (Wildman–Crippen MR) is 138 cm³/mol. The zero-order valence-corrected chi connectivity index (χ0v) is 19.5. The second-order valence-electron chi connectivity index (χ2n) is 7.32. The van der Waals surface area contributed by atoms with Gasteiger partial charge in [-0.15, -0.1) is 0 Å². The molecule has 156 valence electrons. The number of imidazole rings is 1. The summed E-state index contributed by atoms with van der Waals surface area (Å²) < 4.78 is 3.05. The SMILES string of the molecule is BCCC=CCC(c1ccccc1)c1ccccc1.Brc1ccc(-n2ccnc2)cc1. The molecular weight excluding hydrogens is 443 g/mol. The van der Waals surface area contributed by atoms with Gasteiger partial charge in [0, 0.05) is 28.5 Å². The fourth-order valence-corrected chi connectivity index (χ4v) is 3.64. The third kappa shape index (κ3) is 7.41. The van der Waals surface area contributed by atoms with Crippen molar-refractivity contribution in [3.8, 4) is 5.69 Å². The van der Waals surface area contributed by atoms with Crippen molar-refractivity contribution in [1.82, 2.24) is 9.55 Å². The topological polar surface area (TPSA) is 17.8 Å². The molecule has 0 aliphatic carbocycles. The van der Waals surface area contributed by atoms with Crippen LogP contribution in [-0.2, 0) is 0 Å². The lowest BCUT2D eigenvalue weighted by Gasteiger charge is -2.16. The Labute approximate surface area is 195 Å². The van der Waals surface area contributed by atoms with Gasteiger partial charge < -0.3 is 4.57 Å². The van der Waals surface area contributed by atoms with Crippen LogP contribution in [0.15, 0.2) is 120 Å². The number of nitrogens with zero attached hydrogens (tertiary/aromatic N) is 2. The fraction of sp³-hybridized carbons (Fsp3) is 0.148. The Morgan fingerprint density at radius 2 is 1.45 bits per heavy atom. The van der Waals surface area contributed by atoms with E-state index in [1.165, 1.54) is 23.9 Å². The van der Waals surface area contributed by atoms with Crippen molar-refractivity contribution in [1.29, 1.82) is 0 Å². The molecule has 3 aromatic carbocycles. The number of allylic oxidation sites excluding steroid dienone is 2. The molecule has 1 aromatic heterocycles. The van der Waals surface area contributed by atoms with Gasteiger partial charge in [-0.2, -0.15) is 0 Å². The van der Waals surface area contributed by atoms with Crippen LogP contribution in [-0.4, -0.2) is 17.4 Å². The van der Waals surface area contributed by atoms with E-state index >= 15 is 0 Å². The highest BCUT2D eigenvalue weighted by Crippen LogP contribution is 2.28. The molecule has 1 heterocycles. The van der Waals surface area contributed by atoms with Crippen molar-refractivity contribution in [2.24, 2.45) is 0 Å². The highest BCUT2D eigenvalue weighted by atomic mass is 79.9. The third-order valence-electron chi connectivity index (χ3n) is 5.03. The van der Waals surface area contributed by atoms with Crippen LogP contribution in [0.3, 0.4) is 0 Å². The molecule has 0 unspecified atom stereocenters. The van der Waals surface area contributed by atoms with Crippen LogP contribution in [0.25, 0.3) is 5.69 Å². The van der Waals surface area contributed by atoms with Gasteiger partial charge in [-0.25, -0.2) is 4.98 Å². The lowest BCUT2D eigenvalue weighted by Crippen LogP contribution is -1.99. The lowest BCUT2D eigenvalue weighted by molar-refractivity contribution is 0.827. The minimum Gasteiger partial charge on any atom is -0.306 e. The Kier molecular flexibility index (Phi) is 9.40. The summed E-state index contributed by atoms with van der Waals surface area (Å²) in [5.74, 6) is 0.468. The molecule has 0 spiro atoms.